The molecule has 0 bridgehead atoms. The Morgan fingerprint density at radius 2 is 1.94 bits per heavy atom. The second-order valence-corrected chi connectivity index (χ2v) is 6.17. The summed E-state index contributed by atoms with van der Waals surface area (Å²) in [6.45, 7) is 3.57. The van der Waals surface area contributed by atoms with Gasteiger partial charge in [-0.3, -0.25) is 4.79 Å². The van der Waals surface area contributed by atoms with Crippen LogP contribution in [0.3, 0.4) is 0 Å². The van der Waals surface area contributed by atoms with Crippen LogP contribution in [-0.4, -0.2) is 44.0 Å². The maximum atomic E-state index is 12.1. The lowest BCUT2D eigenvalue weighted by Crippen LogP contribution is -2.43. The molecule has 1 aliphatic carbocycles. The normalized spacial score (nSPS) is 20.7. The van der Waals surface area contributed by atoms with Crippen molar-refractivity contribution in [2.45, 2.75) is 51.5 Å². The van der Waals surface area contributed by atoms with Crippen molar-refractivity contribution in [2.75, 3.05) is 27.2 Å². The van der Waals surface area contributed by atoms with E-state index >= 15 is 0 Å². The van der Waals surface area contributed by atoms with Gasteiger partial charge in [-0.2, -0.15) is 0 Å². The molecule has 0 spiro atoms. The SMILES string of the molecule is CC(CN(C)C)NC(=O)CC1(CN)CCCCC1. The number of rotatable bonds is 6. The fourth-order valence-electron chi connectivity index (χ4n) is 3.01. The lowest BCUT2D eigenvalue weighted by Gasteiger charge is -2.36. The van der Waals surface area contributed by atoms with Crippen molar-refractivity contribution < 1.29 is 4.79 Å². The molecule has 3 N–H and O–H groups in total. The van der Waals surface area contributed by atoms with E-state index in [0.29, 0.717) is 13.0 Å². The first-order valence-electron chi connectivity index (χ1n) is 7.12. The molecular formula is C14H29N3O. The highest BCUT2D eigenvalue weighted by molar-refractivity contribution is 5.77. The monoisotopic (exact) mass is 255 g/mol. The van der Waals surface area contributed by atoms with Gasteiger partial charge < -0.3 is 16.0 Å². The van der Waals surface area contributed by atoms with Gasteiger partial charge in [-0.25, -0.2) is 0 Å². The summed E-state index contributed by atoms with van der Waals surface area (Å²) >= 11 is 0. The van der Waals surface area contributed by atoms with Crippen LogP contribution in [0.2, 0.25) is 0 Å². The van der Waals surface area contributed by atoms with Gasteiger partial charge in [-0.15, -0.1) is 0 Å². The summed E-state index contributed by atoms with van der Waals surface area (Å²) in [4.78, 5) is 14.2. The average Bonchev–Trinajstić information content (AvgIpc) is 2.28. The Labute approximate surface area is 111 Å². The van der Waals surface area contributed by atoms with E-state index in [4.69, 9.17) is 5.73 Å². The molecule has 1 fully saturated rings. The number of nitrogens with zero attached hydrogens (tertiary/aromatic N) is 1. The number of carbonyl (C=O) groups is 1. The van der Waals surface area contributed by atoms with Crippen LogP contribution >= 0.6 is 0 Å². The Balaban J connectivity index is 2.42. The maximum absolute atomic E-state index is 12.1. The summed E-state index contributed by atoms with van der Waals surface area (Å²) in [5.74, 6) is 0.164. The van der Waals surface area contributed by atoms with Crippen molar-refractivity contribution in [3.8, 4) is 0 Å². The third kappa shape index (κ3) is 4.94. The first-order valence-corrected chi connectivity index (χ1v) is 7.12. The van der Waals surface area contributed by atoms with E-state index in [-0.39, 0.29) is 17.4 Å². The van der Waals surface area contributed by atoms with Crippen LogP contribution in [-0.2, 0) is 4.79 Å². The van der Waals surface area contributed by atoms with E-state index in [1.54, 1.807) is 0 Å². The highest BCUT2D eigenvalue weighted by Gasteiger charge is 2.33. The summed E-state index contributed by atoms with van der Waals surface area (Å²) in [5.41, 5.74) is 5.98. The standard InChI is InChI=1S/C14H29N3O/c1-12(10-17(2)3)16-13(18)9-14(11-15)7-5-4-6-8-14/h12H,4-11,15H2,1-3H3,(H,16,18). The molecule has 1 atom stereocenters. The zero-order valence-electron chi connectivity index (χ0n) is 12.2. The lowest BCUT2D eigenvalue weighted by molar-refractivity contribution is -0.124. The molecular weight excluding hydrogens is 226 g/mol. The van der Waals surface area contributed by atoms with Crippen molar-refractivity contribution in [1.29, 1.82) is 0 Å². The average molecular weight is 255 g/mol. The maximum Gasteiger partial charge on any atom is 0.220 e. The van der Waals surface area contributed by atoms with Gasteiger partial charge in [0.25, 0.3) is 0 Å². The molecule has 0 saturated heterocycles. The fourth-order valence-corrected chi connectivity index (χ4v) is 3.01. The van der Waals surface area contributed by atoms with Gasteiger partial charge in [0.1, 0.15) is 0 Å². The molecule has 0 aromatic carbocycles. The Morgan fingerprint density at radius 3 is 2.44 bits per heavy atom. The first kappa shape index (κ1) is 15.4. The quantitative estimate of drug-likeness (QED) is 0.753. The Hall–Kier alpha value is -0.610. The van der Waals surface area contributed by atoms with Gasteiger partial charge in [0.05, 0.1) is 0 Å². The second-order valence-electron chi connectivity index (χ2n) is 6.17. The molecule has 4 nitrogen and oxygen atoms in total. The smallest absolute Gasteiger partial charge is 0.220 e. The molecule has 1 saturated carbocycles. The molecule has 106 valence electrons. The number of carbonyl (C=O) groups excluding carboxylic acids is 1. The Kier molecular flexibility index (Phi) is 6.09. The van der Waals surface area contributed by atoms with Crippen LogP contribution in [0.25, 0.3) is 0 Å². The van der Waals surface area contributed by atoms with Crippen molar-refractivity contribution in [3.05, 3.63) is 0 Å². The van der Waals surface area contributed by atoms with E-state index in [2.05, 4.69) is 10.2 Å². The number of likely N-dealkylation sites (N-methyl/N-ethyl adjacent to an activating group) is 1. The summed E-state index contributed by atoms with van der Waals surface area (Å²) in [5, 5.41) is 3.08. The summed E-state index contributed by atoms with van der Waals surface area (Å²) in [7, 11) is 4.04. The van der Waals surface area contributed by atoms with Crippen LogP contribution in [0.5, 0.6) is 0 Å². The predicted molar refractivity (Wildman–Crippen MR) is 75.3 cm³/mol. The molecule has 0 aromatic heterocycles. The number of amides is 1. The lowest BCUT2D eigenvalue weighted by atomic mass is 9.71. The number of hydrogen-bond donors (Lipinski definition) is 2. The molecule has 0 radical (unpaired) electrons. The highest BCUT2D eigenvalue weighted by Crippen LogP contribution is 2.38. The summed E-state index contributed by atoms with van der Waals surface area (Å²) in [6, 6.07) is 0.200. The molecule has 0 heterocycles. The zero-order valence-corrected chi connectivity index (χ0v) is 12.2. The van der Waals surface area contributed by atoms with Gasteiger partial charge in [0, 0.05) is 19.0 Å². The van der Waals surface area contributed by atoms with Crippen molar-refractivity contribution >= 4 is 5.91 Å². The predicted octanol–water partition coefficient (Wildman–Crippen LogP) is 1.35. The van der Waals surface area contributed by atoms with Crippen molar-refractivity contribution in [3.63, 3.8) is 0 Å². The molecule has 0 aromatic rings. The van der Waals surface area contributed by atoms with Crippen molar-refractivity contribution in [1.82, 2.24) is 10.2 Å². The molecule has 1 rings (SSSR count). The van der Waals surface area contributed by atoms with Gasteiger partial charge in [0.2, 0.25) is 5.91 Å². The van der Waals surface area contributed by atoms with Crippen LogP contribution in [0.15, 0.2) is 0 Å². The van der Waals surface area contributed by atoms with E-state index in [9.17, 15) is 4.79 Å². The minimum atomic E-state index is 0.0696. The molecule has 4 heteroatoms. The van der Waals surface area contributed by atoms with Gasteiger partial charge in [-0.1, -0.05) is 19.3 Å². The van der Waals surface area contributed by atoms with Crippen LogP contribution < -0.4 is 11.1 Å². The minimum Gasteiger partial charge on any atom is -0.352 e. The number of nitrogens with one attached hydrogen (secondary N) is 1. The largest absolute Gasteiger partial charge is 0.352 e. The van der Waals surface area contributed by atoms with Crippen LogP contribution in [0, 0.1) is 5.41 Å². The molecule has 18 heavy (non-hydrogen) atoms. The van der Waals surface area contributed by atoms with E-state index < -0.39 is 0 Å². The van der Waals surface area contributed by atoms with Gasteiger partial charge in [0.15, 0.2) is 0 Å². The zero-order chi connectivity index (χ0) is 13.6. The first-order chi connectivity index (χ1) is 8.47. The van der Waals surface area contributed by atoms with Crippen molar-refractivity contribution in [2.24, 2.45) is 11.1 Å². The van der Waals surface area contributed by atoms with E-state index in [1.807, 2.05) is 21.0 Å². The van der Waals surface area contributed by atoms with Crippen LogP contribution in [0.4, 0.5) is 0 Å². The van der Waals surface area contributed by atoms with E-state index in [1.165, 1.54) is 19.3 Å². The minimum absolute atomic E-state index is 0.0696. The Bertz CT molecular complexity index is 260. The molecule has 1 unspecified atom stereocenters. The second kappa shape index (κ2) is 7.10. The highest BCUT2D eigenvalue weighted by atomic mass is 16.1. The fraction of sp³-hybridized carbons (Fsp3) is 0.929. The molecule has 0 aliphatic heterocycles. The third-order valence-corrected chi connectivity index (χ3v) is 3.93. The third-order valence-electron chi connectivity index (χ3n) is 3.93. The Morgan fingerprint density at radius 1 is 1.33 bits per heavy atom. The number of hydrogen-bond acceptors (Lipinski definition) is 3. The van der Waals surface area contributed by atoms with Gasteiger partial charge in [-0.05, 0) is 45.8 Å². The van der Waals surface area contributed by atoms with E-state index in [0.717, 1.165) is 19.4 Å². The summed E-state index contributed by atoms with van der Waals surface area (Å²) in [6.07, 6.45) is 6.55. The molecule has 1 amide bonds. The topological polar surface area (TPSA) is 58.4 Å². The summed E-state index contributed by atoms with van der Waals surface area (Å²) < 4.78 is 0. The molecule has 1 aliphatic rings. The van der Waals surface area contributed by atoms with Crippen LogP contribution in [0.1, 0.15) is 45.4 Å². The van der Waals surface area contributed by atoms with Gasteiger partial charge >= 0.3 is 0 Å². The number of nitrogens with two attached hydrogens (primary N) is 1.